The van der Waals surface area contributed by atoms with E-state index >= 15 is 0 Å². The van der Waals surface area contributed by atoms with Crippen LogP contribution in [0.1, 0.15) is 12.0 Å². The summed E-state index contributed by atoms with van der Waals surface area (Å²) in [7, 11) is 1.49. The fourth-order valence-electron chi connectivity index (χ4n) is 1.36. The van der Waals surface area contributed by atoms with E-state index in [1.807, 2.05) is 0 Å². The number of rotatable bonds is 4. The second kappa shape index (κ2) is 5.35. The molecule has 0 aliphatic rings. The lowest BCUT2D eigenvalue weighted by Crippen LogP contribution is -2.24. The Kier molecular flexibility index (Phi) is 4.34. The maximum absolute atomic E-state index is 13.4. The normalized spacial score (nSPS) is 11.6. The van der Waals surface area contributed by atoms with E-state index in [1.165, 1.54) is 24.1 Å². The lowest BCUT2D eigenvalue weighted by molar-refractivity contribution is -0.132. The molecule has 0 saturated carbocycles. The first-order valence-electron chi connectivity index (χ1n) is 5.10. The summed E-state index contributed by atoms with van der Waals surface area (Å²) in [4.78, 5) is 1.36. The van der Waals surface area contributed by atoms with Crippen LogP contribution in [-0.4, -0.2) is 19.8 Å². The molecule has 1 rings (SSSR count). The molecule has 0 fully saturated rings. The summed E-state index contributed by atoms with van der Waals surface area (Å²) >= 11 is 0. The summed E-state index contributed by atoms with van der Waals surface area (Å²) in [6.45, 7) is -0.136. The molecule has 6 heteroatoms. The van der Waals surface area contributed by atoms with Gasteiger partial charge in [0.05, 0.1) is 6.42 Å². The summed E-state index contributed by atoms with van der Waals surface area (Å²) in [6.07, 6.45) is -5.13. The molecule has 0 radical (unpaired) electrons. The van der Waals surface area contributed by atoms with Crippen LogP contribution in [0.15, 0.2) is 18.2 Å². The predicted molar refractivity (Wildman–Crippen MR) is 58.2 cm³/mol. The highest BCUT2D eigenvalue weighted by atomic mass is 19.4. The molecular formula is C11H14F4N2. The first-order valence-corrected chi connectivity index (χ1v) is 5.10. The number of alkyl halides is 3. The second-order valence-electron chi connectivity index (χ2n) is 3.77. The second-order valence-corrected chi connectivity index (χ2v) is 3.77. The average molecular weight is 250 g/mol. The molecule has 0 aromatic heterocycles. The number of hydrogen-bond acceptors (Lipinski definition) is 2. The molecule has 0 aliphatic carbocycles. The van der Waals surface area contributed by atoms with Crippen LogP contribution in [0.3, 0.4) is 0 Å². The Morgan fingerprint density at radius 3 is 2.41 bits per heavy atom. The zero-order valence-corrected chi connectivity index (χ0v) is 9.39. The van der Waals surface area contributed by atoms with Crippen molar-refractivity contribution in [3.8, 4) is 0 Å². The molecule has 1 aromatic rings. The smallest absolute Gasteiger partial charge is 0.374 e. The fraction of sp³-hybridized carbons (Fsp3) is 0.455. The van der Waals surface area contributed by atoms with Crippen LogP contribution < -0.4 is 10.6 Å². The molecule has 0 atom stereocenters. The van der Waals surface area contributed by atoms with E-state index < -0.39 is 18.4 Å². The van der Waals surface area contributed by atoms with Crippen LogP contribution in [0.5, 0.6) is 0 Å². The molecule has 0 aliphatic heterocycles. The maximum Gasteiger partial charge on any atom is 0.390 e. The first-order chi connectivity index (χ1) is 7.83. The van der Waals surface area contributed by atoms with Gasteiger partial charge in [-0.15, -0.1) is 0 Å². The van der Waals surface area contributed by atoms with Gasteiger partial charge in [0.25, 0.3) is 0 Å². The third-order valence-corrected chi connectivity index (χ3v) is 2.43. The zero-order chi connectivity index (χ0) is 13.1. The zero-order valence-electron chi connectivity index (χ0n) is 9.39. The highest BCUT2D eigenvalue weighted by molar-refractivity contribution is 5.47. The minimum atomic E-state index is -4.20. The van der Waals surface area contributed by atoms with E-state index in [2.05, 4.69) is 0 Å². The fourth-order valence-corrected chi connectivity index (χ4v) is 1.36. The molecule has 0 amide bonds. The Labute approximate surface area is 97.0 Å². The summed E-state index contributed by atoms with van der Waals surface area (Å²) in [5.74, 6) is -0.496. The van der Waals surface area contributed by atoms with Crippen molar-refractivity contribution in [3.63, 3.8) is 0 Å². The van der Waals surface area contributed by atoms with Crippen LogP contribution in [0, 0.1) is 5.82 Å². The standard InChI is InChI=1S/C11H14F4N2/c1-17(5-4-11(13,14)15)9-3-2-8(7-16)10(12)6-9/h2-3,6H,4-5,7,16H2,1H3. The van der Waals surface area contributed by atoms with Gasteiger partial charge in [0.15, 0.2) is 0 Å². The molecule has 1 aromatic carbocycles. The van der Waals surface area contributed by atoms with E-state index in [1.54, 1.807) is 6.07 Å². The average Bonchev–Trinajstić information content (AvgIpc) is 2.24. The number of anilines is 1. The van der Waals surface area contributed by atoms with Gasteiger partial charge in [0, 0.05) is 31.4 Å². The number of nitrogens with two attached hydrogens (primary N) is 1. The Morgan fingerprint density at radius 2 is 1.94 bits per heavy atom. The van der Waals surface area contributed by atoms with Gasteiger partial charge >= 0.3 is 6.18 Å². The summed E-state index contributed by atoms with van der Waals surface area (Å²) in [6, 6.07) is 4.23. The Hall–Kier alpha value is -1.30. The SMILES string of the molecule is CN(CCC(F)(F)F)c1ccc(CN)c(F)c1. The predicted octanol–water partition coefficient (Wildman–Crippen LogP) is 2.67. The molecule has 96 valence electrons. The van der Waals surface area contributed by atoms with Gasteiger partial charge in [-0.2, -0.15) is 13.2 Å². The van der Waals surface area contributed by atoms with Gasteiger partial charge in [-0.3, -0.25) is 0 Å². The molecule has 0 saturated heterocycles. The van der Waals surface area contributed by atoms with Crippen molar-refractivity contribution >= 4 is 5.69 Å². The van der Waals surface area contributed by atoms with Crippen LogP contribution in [0.25, 0.3) is 0 Å². The van der Waals surface area contributed by atoms with Crippen LogP contribution >= 0.6 is 0 Å². The minimum absolute atomic E-state index is 0.0678. The summed E-state index contributed by atoms with van der Waals surface area (Å²) in [5, 5.41) is 0. The maximum atomic E-state index is 13.4. The number of hydrogen-bond donors (Lipinski definition) is 1. The summed E-state index contributed by atoms with van der Waals surface area (Å²) < 4.78 is 49.4. The third kappa shape index (κ3) is 4.22. The van der Waals surface area contributed by atoms with Gasteiger partial charge in [0.2, 0.25) is 0 Å². The molecule has 0 spiro atoms. The molecule has 17 heavy (non-hydrogen) atoms. The number of benzene rings is 1. The Bertz CT molecular complexity index is 376. The van der Waals surface area contributed by atoms with Crippen molar-refractivity contribution in [2.24, 2.45) is 5.73 Å². The van der Waals surface area contributed by atoms with Gasteiger partial charge in [-0.05, 0) is 12.1 Å². The van der Waals surface area contributed by atoms with Crippen molar-refractivity contribution in [1.29, 1.82) is 0 Å². The largest absolute Gasteiger partial charge is 0.390 e. The van der Waals surface area contributed by atoms with Gasteiger partial charge in [0.1, 0.15) is 5.82 Å². The van der Waals surface area contributed by atoms with Crippen molar-refractivity contribution in [2.75, 3.05) is 18.5 Å². The van der Waals surface area contributed by atoms with Crippen LogP contribution in [-0.2, 0) is 6.54 Å². The van der Waals surface area contributed by atoms with Crippen LogP contribution in [0.2, 0.25) is 0 Å². The van der Waals surface area contributed by atoms with Crippen molar-refractivity contribution in [2.45, 2.75) is 19.1 Å². The van der Waals surface area contributed by atoms with E-state index in [0.717, 1.165) is 0 Å². The third-order valence-electron chi connectivity index (χ3n) is 2.43. The molecule has 2 N–H and O–H groups in total. The Balaban J connectivity index is 2.69. The molecule has 0 unspecified atom stereocenters. The quantitative estimate of drug-likeness (QED) is 0.832. The Morgan fingerprint density at radius 1 is 1.29 bits per heavy atom. The van der Waals surface area contributed by atoms with Crippen molar-refractivity contribution in [3.05, 3.63) is 29.6 Å². The molecule has 2 nitrogen and oxygen atoms in total. The van der Waals surface area contributed by atoms with Crippen molar-refractivity contribution in [1.82, 2.24) is 0 Å². The summed E-state index contributed by atoms with van der Waals surface area (Å²) in [5.41, 5.74) is 6.04. The van der Waals surface area contributed by atoms with Gasteiger partial charge < -0.3 is 10.6 Å². The number of halogens is 4. The van der Waals surface area contributed by atoms with Crippen molar-refractivity contribution < 1.29 is 17.6 Å². The molecular weight excluding hydrogens is 236 g/mol. The molecule has 0 heterocycles. The highest BCUT2D eigenvalue weighted by Gasteiger charge is 2.27. The van der Waals surface area contributed by atoms with E-state index in [0.29, 0.717) is 11.3 Å². The first kappa shape index (κ1) is 13.8. The topological polar surface area (TPSA) is 29.3 Å². The van der Waals surface area contributed by atoms with Gasteiger partial charge in [-0.25, -0.2) is 4.39 Å². The lowest BCUT2D eigenvalue weighted by atomic mass is 10.2. The monoisotopic (exact) mass is 250 g/mol. The van der Waals surface area contributed by atoms with Crippen LogP contribution in [0.4, 0.5) is 23.2 Å². The highest BCUT2D eigenvalue weighted by Crippen LogP contribution is 2.22. The molecule has 0 bridgehead atoms. The van der Waals surface area contributed by atoms with Gasteiger partial charge in [-0.1, -0.05) is 6.07 Å². The van der Waals surface area contributed by atoms with E-state index in [-0.39, 0.29) is 13.1 Å². The lowest BCUT2D eigenvalue weighted by Gasteiger charge is -2.20. The van der Waals surface area contributed by atoms with E-state index in [9.17, 15) is 17.6 Å². The minimum Gasteiger partial charge on any atom is -0.374 e. The van der Waals surface area contributed by atoms with E-state index in [4.69, 9.17) is 5.73 Å². The number of nitrogens with zero attached hydrogens (tertiary/aromatic N) is 1.